The van der Waals surface area contributed by atoms with E-state index in [1.54, 1.807) is 0 Å². The number of ether oxygens (including phenoxy) is 1. The molecule has 0 bridgehead atoms. The third-order valence-electron chi connectivity index (χ3n) is 2.76. The van der Waals surface area contributed by atoms with Gasteiger partial charge >= 0.3 is 0 Å². The van der Waals surface area contributed by atoms with Crippen molar-refractivity contribution in [2.75, 3.05) is 6.61 Å². The van der Waals surface area contributed by atoms with Gasteiger partial charge in [0.1, 0.15) is 6.10 Å². The Morgan fingerprint density at radius 3 is 2.73 bits per heavy atom. The van der Waals surface area contributed by atoms with Gasteiger partial charge in [-0.05, 0) is 24.8 Å². The van der Waals surface area contributed by atoms with E-state index < -0.39 is 0 Å². The van der Waals surface area contributed by atoms with E-state index in [1.807, 2.05) is 30.3 Å². The van der Waals surface area contributed by atoms with Crippen molar-refractivity contribution >= 4 is 5.78 Å². The maximum Gasteiger partial charge on any atom is 0.165 e. The minimum absolute atomic E-state index is 0.154. The summed E-state index contributed by atoms with van der Waals surface area (Å²) in [4.78, 5) is 11.8. The molecular formula is C13H16O2. The van der Waals surface area contributed by atoms with Crippen LogP contribution in [0.3, 0.4) is 0 Å². The molecule has 15 heavy (non-hydrogen) atoms. The van der Waals surface area contributed by atoms with Crippen LogP contribution in [0.1, 0.15) is 24.8 Å². The van der Waals surface area contributed by atoms with Crippen molar-refractivity contribution < 1.29 is 9.53 Å². The van der Waals surface area contributed by atoms with Crippen molar-refractivity contribution in [3.63, 3.8) is 0 Å². The number of hydrogen-bond donors (Lipinski definition) is 0. The van der Waals surface area contributed by atoms with E-state index in [2.05, 4.69) is 0 Å². The molecule has 0 spiro atoms. The number of ketones is 1. The second-order valence-electron chi connectivity index (χ2n) is 3.98. The molecule has 1 atom stereocenters. The van der Waals surface area contributed by atoms with E-state index in [0.717, 1.165) is 31.4 Å². The van der Waals surface area contributed by atoms with Gasteiger partial charge in [-0.15, -0.1) is 0 Å². The van der Waals surface area contributed by atoms with Gasteiger partial charge in [-0.1, -0.05) is 30.3 Å². The summed E-state index contributed by atoms with van der Waals surface area (Å²) in [5.74, 6) is 0.223. The van der Waals surface area contributed by atoms with Gasteiger partial charge < -0.3 is 4.74 Å². The van der Waals surface area contributed by atoms with E-state index >= 15 is 0 Å². The average molecular weight is 204 g/mol. The Labute approximate surface area is 90.3 Å². The van der Waals surface area contributed by atoms with Crippen LogP contribution < -0.4 is 0 Å². The number of rotatable bonds is 3. The van der Waals surface area contributed by atoms with E-state index in [9.17, 15) is 4.79 Å². The zero-order valence-corrected chi connectivity index (χ0v) is 8.82. The quantitative estimate of drug-likeness (QED) is 0.755. The van der Waals surface area contributed by atoms with Crippen LogP contribution in [0, 0.1) is 0 Å². The first kappa shape index (κ1) is 10.4. The van der Waals surface area contributed by atoms with Gasteiger partial charge in [0.05, 0.1) is 0 Å². The minimum Gasteiger partial charge on any atom is -0.370 e. The van der Waals surface area contributed by atoms with Gasteiger partial charge in [0.2, 0.25) is 0 Å². The van der Waals surface area contributed by atoms with Gasteiger partial charge in [0, 0.05) is 13.0 Å². The molecule has 1 aromatic carbocycles. The van der Waals surface area contributed by atoms with Crippen LogP contribution in [-0.4, -0.2) is 18.5 Å². The molecule has 1 fully saturated rings. The largest absolute Gasteiger partial charge is 0.370 e. The zero-order valence-electron chi connectivity index (χ0n) is 8.82. The molecule has 2 heteroatoms. The Hall–Kier alpha value is -1.15. The lowest BCUT2D eigenvalue weighted by Gasteiger charge is -2.21. The highest BCUT2D eigenvalue weighted by molar-refractivity contribution is 5.85. The number of Topliss-reactive ketones (excluding diaryl/α,β-unsaturated/α-hetero) is 1. The SMILES string of the molecule is O=C(Cc1ccccc1)[C@H]1CCCCO1. The summed E-state index contributed by atoms with van der Waals surface area (Å²) in [6, 6.07) is 9.86. The molecular weight excluding hydrogens is 188 g/mol. The van der Waals surface area contributed by atoms with Crippen molar-refractivity contribution in [2.24, 2.45) is 0 Å². The Kier molecular flexibility index (Phi) is 3.51. The molecule has 0 unspecified atom stereocenters. The van der Waals surface area contributed by atoms with Gasteiger partial charge in [0.25, 0.3) is 0 Å². The number of carbonyl (C=O) groups excluding carboxylic acids is 1. The second kappa shape index (κ2) is 5.08. The van der Waals surface area contributed by atoms with Crippen molar-refractivity contribution in [3.05, 3.63) is 35.9 Å². The number of carbonyl (C=O) groups is 1. The molecule has 0 aliphatic carbocycles. The number of benzene rings is 1. The fourth-order valence-corrected chi connectivity index (χ4v) is 1.91. The van der Waals surface area contributed by atoms with Gasteiger partial charge in [-0.25, -0.2) is 0 Å². The fourth-order valence-electron chi connectivity index (χ4n) is 1.91. The molecule has 2 nitrogen and oxygen atoms in total. The Morgan fingerprint density at radius 1 is 1.27 bits per heavy atom. The molecule has 80 valence electrons. The van der Waals surface area contributed by atoms with Gasteiger partial charge in [0.15, 0.2) is 5.78 Å². The van der Waals surface area contributed by atoms with Crippen LogP contribution in [0.25, 0.3) is 0 Å². The first-order chi connectivity index (χ1) is 7.36. The molecule has 2 rings (SSSR count). The zero-order chi connectivity index (χ0) is 10.5. The van der Waals surface area contributed by atoms with Crippen LogP contribution >= 0.6 is 0 Å². The maximum absolute atomic E-state index is 11.8. The Bertz CT molecular complexity index is 313. The Morgan fingerprint density at radius 2 is 2.07 bits per heavy atom. The smallest absolute Gasteiger partial charge is 0.165 e. The summed E-state index contributed by atoms with van der Waals surface area (Å²) >= 11 is 0. The monoisotopic (exact) mass is 204 g/mol. The molecule has 1 aliphatic rings. The first-order valence-electron chi connectivity index (χ1n) is 5.54. The lowest BCUT2D eigenvalue weighted by molar-refractivity contribution is -0.132. The highest BCUT2D eigenvalue weighted by Gasteiger charge is 2.21. The second-order valence-corrected chi connectivity index (χ2v) is 3.98. The maximum atomic E-state index is 11.8. The van der Waals surface area contributed by atoms with Crippen LogP contribution in [0.5, 0.6) is 0 Å². The van der Waals surface area contributed by atoms with Gasteiger partial charge in [-0.2, -0.15) is 0 Å². The molecule has 0 N–H and O–H groups in total. The number of hydrogen-bond acceptors (Lipinski definition) is 2. The van der Waals surface area contributed by atoms with E-state index in [0.29, 0.717) is 6.42 Å². The van der Waals surface area contributed by atoms with E-state index in [-0.39, 0.29) is 11.9 Å². The summed E-state index contributed by atoms with van der Waals surface area (Å²) < 4.78 is 5.46. The topological polar surface area (TPSA) is 26.3 Å². The van der Waals surface area contributed by atoms with Crippen LogP contribution in [0.4, 0.5) is 0 Å². The Balaban J connectivity index is 1.91. The normalized spacial score (nSPS) is 21.2. The summed E-state index contributed by atoms with van der Waals surface area (Å²) in [5, 5.41) is 0. The highest BCUT2D eigenvalue weighted by Crippen LogP contribution is 2.15. The molecule has 1 saturated heterocycles. The van der Waals surface area contributed by atoms with E-state index in [4.69, 9.17) is 4.74 Å². The molecule has 0 saturated carbocycles. The summed E-state index contributed by atoms with van der Waals surface area (Å²) in [6.07, 6.45) is 3.45. The van der Waals surface area contributed by atoms with Crippen molar-refractivity contribution in [1.29, 1.82) is 0 Å². The van der Waals surface area contributed by atoms with Crippen LogP contribution in [-0.2, 0) is 16.0 Å². The highest BCUT2D eigenvalue weighted by atomic mass is 16.5. The molecule has 0 amide bonds. The third-order valence-corrected chi connectivity index (χ3v) is 2.76. The fraction of sp³-hybridized carbons (Fsp3) is 0.462. The molecule has 0 aromatic heterocycles. The first-order valence-corrected chi connectivity index (χ1v) is 5.54. The van der Waals surface area contributed by atoms with Crippen molar-refractivity contribution in [3.8, 4) is 0 Å². The van der Waals surface area contributed by atoms with Crippen molar-refractivity contribution in [2.45, 2.75) is 31.8 Å². The van der Waals surface area contributed by atoms with Crippen molar-refractivity contribution in [1.82, 2.24) is 0 Å². The lowest BCUT2D eigenvalue weighted by atomic mass is 10.00. The molecule has 0 radical (unpaired) electrons. The average Bonchev–Trinajstić information content (AvgIpc) is 2.31. The lowest BCUT2D eigenvalue weighted by Crippen LogP contribution is -2.29. The molecule has 1 aromatic rings. The van der Waals surface area contributed by atoms with Crippen LogP contribution in [0.2, 0.25) is 0 Å². The van der Waals surface area contributed by atoms with E-state index in [1.165, 1.54) is 0 Å². The predicted molar refractivity (Wildman–Crippen MR) is 58.7 cm³/mol. The standard InChI is InChI=1S/C13H16O2/c14-12(13-8-4-5-9-15-13)10-11-6-2-1-3-7-11/h1-3,6-7,13H,4-5,8-10H2/t13-/m1/s1. The van der Waals surface area contributed by atoms with Crippen LogP contribution in [0.15, 0.2) is 30.3 Å². The predicted octanol–water partition coefficient (Wildman–Crippen LogP) is 2.37. The summed E-state index contributed by atoms with van der Waals surface area (Å²) in [5.41, 5.74) is 1.08. The molecule has 1 heterocycles. The van der Waals surface area contributed by atoms with Gasteiger partial charge in [-0.3, -0.25) is 4.79 Å². The summed E-state index contributed by atoms with van der Waals surface area (Å²) in [6.45, 7) is 0.741. The third kappa shape index (κ3) is 2.90. The molecule has 1 aliphatic heterocycles. The summed E-state index contributed by atoms with van der Waals surface area (Å²) in [7, 11) is 0. The minimum atomic E-state index is -0.154.